The van der Waals surface area contributed by atoms with Crippen molar-refractivity contribution < 1.29 is 0 Å². The second kappa shape index (κ2) is 3.81. The van der Waals surface area contributed by atoms with Gasteiger partial charge in [-0.15, -0.1) is 0 Å². The Hall–Kier alpha value is -1.71. The van der Waals surface area contributed by atoms with Gasteiger partial charge in [0.25, 0.3) is 0 Å². The van der Waals surface area contributed by atoms with Gasteiger partial charge in [0.2, 0.25) is 0 Å². The largest absolute Gasteiger partial charge is 0.263 e. The minimum Gasteiger partial charge on any atom is -0.263 e. The molecule has 2 aromatic heterocycles. The van der Waals surface area contributed by atoms with Crippen LogP contribution in [0.3, 0.4) is 0 Å². The number of aromatic nitrogens is 4. The molecular weight excluding hydrogens is 188 g/mol. The topological polar surface area (TPSA) is 54.5 Å². The molecule has 0 aliphatic rings. The minimum absolute atomic E-state index is 0.500. The Kier molecular flexibility index (Phi) is 2.49. The summed E-state index contributed by atoms with van der Waals surface area (Å²) in [5.41, 5.74) is 2.04. The van der Waals surface area contributed by atoms with Crippen molar-refractivity contribution in [3.8, 4) is 11.5 Å². The fourth-order valence-electron chi connectivity index (χ4n) is 1.34. The maximum absolute atomic E-state index is 4.34. The molecule has 0 radical (unpaired) electrons. The van der Waals surface area contributed by atoms with E-state index >= 15 is 0 Å². The minimum atomic E-state index is 0.500. The Bertz CT molecular complexity index is 442. The number of nitrogens with zero attached hydrogens (tertiary/aromatic N) is 3. The van der Waals surface area contributed by atoms with Crippen LogP contribution in [-0.4, -0.2) is 20.2 Å². The number of aromatic amines is 1. The normalized spacial score (nSPS) is 10.9. The molecule has 0 saturated carbocycles. The third-order valence-corrected chi connectivity index (χ3v) is 2.28. The van der Waals surface area contributed by atoms with Crippen LogP contribution in [-0.2, 0) is 0 Å². The monoisotopic (exact) mass is 202 g/mol. The van der Waals surface area contributed by atoms with Gasteiger partial charge in [-0.05, 0) is 24.5 Å². The Labute approximate surface area is 88.8 Å². The van der Waals surface area contributed by atoms with Crippen molar-refractivity contribution in [1.29, 1.82) is 0 Å². The third kappa shape index (κ3) is 2.03. The van der Waals surface area contributed by atoms with Gasteiger partial charge >= 0.3 is 0 Å². The molecule has 15 heavy (non-hydrogen) atoms. The molecule has 0 unspecified atom stereocenters. The fourth-order valence-corrected chi connectivity index (χ4v) is 1.34. The van der Waals surface area contributed by atoms with Gasteiger partial charge in [0.15, 0.2) is 5.82 Å². The summed E-state index contributed by atoms with van der Waals surface area (Å²) in [6.07, 6.45) is 1.88. The molecule has 2 heterocycles. The van der Waals surface area contributed by atoms with Gasteiger partial charge in [0.05, 0.1) is 0 Å². The van der Waals surface area contributed by atoms with Gasteiger partial charge in [-0.1, -0.05) is 19.9 Å². The van der Waals surface area contributed by atoms with E-state index in [0.29, 0.717) is 11.7 Å². The lowest BCUT2D eigenvalue weighted by Gasteiger charge is -2.03. The van der Waals surface area contributed by atoms with Gasteiger partial charge in [-0.3, -0.25) is 10.1 Å². The molecule has 4 nitrogen and oxygen atoms in total. The second-order valence-electron chi connectivity index (χ2n) is 3.88. The Morgan fingerprint density at radius 2 is 2.07 bits per heavy atom. The van der Waals surface area contributed by atoms with Crippen molar-refractivity contribution in [2.45, 2.75) is 26.7 Å². The molecule has 2 aromatic rings. The van der Waals surface area contributed by atoms with E-state index in [4.69, 9.17) is 0 Å². The predicted molar refractivity (Wildman–Crippen MR) is 58.4 cm³/mol. The van der Waals surface area contributed by atoms with E-state index in [9.17, 15) is 0 Å². The predicted octanol–water partition coefficient (Wildman–Crippen LogP) is 2.30. The van der Waals surface area contributed by atoms with E-state index in [0.717, 1.165) is 11.5 Å². The number of pyridine rings is 1. The van der Waals surface area contributed by atoms with E-state index in [2.05, 4.69) is 40.1 Å². The zero-order chi connectivity index (χ0) is 10.8. The zero-order valence-corrected chi connectivity index (χ0v) is 9.15. The van der Waals surface area contributed by atoms with Crippen LogP contribution < -0.4 is 0 Å². The molecular formula is C11H14N4. The van der Waals surface area contributed by atoms with Crippen molar-refractivity contribution in [3.63, 3.8) is 0 Å². The van der Waals surface area contributed by atoms with Gasteiger partial charge in [-0.25, -0.2) is 4.98 Å². The van der Waals surface area contributed by atoms with E-state index in [1.807, 2.05) is 19.2 Å². The quantitative estimate of drug-likeness (QED) is 0.812. The van der Waals surface area contributed by atoms with Crippen LogP contribution in [0.1, 0.15) is 31.2 Å². The van der Waals surface area contributed by atoms with Gasteiger partial charge < -0.3 is 0 Å². The van der Waals surface area contributed by atoms with Crippen LogP contribution in [0.4, 0.5) is 0 Å². The average Bonchev–Trinajstić information content (AvgIpc) is 2.65. The number of hydrogen-bond acceptors (Lipinski definition) is 3. The smallest absolute Gasteiger partial charge is 0.199 e. The average molecular weight is 202 g/mol. The van der Waals surface area contributed by atoms with Crippen LogP contribution in [0, 0.1) is 6.92 Å². The number of nitrogens with one attached hydrogen (secondary N) is 1. The number of H-pyrrole nitrogens is 1. The number of aryl methyl sites for hydroxylation is 1. The van der Waals surface area contributed by atoms with Gasteiger partial charge in [0.1, 0.15) is 11.5 Å². The highest BCUT2D eigenvalue weighted by atomic mass is 15.2. The van der Waals surface area contributed by atoms with Crippen molar-refractivity contribution >= 4 is 0 Å². The first-order chi connectivity index (χ1) is 7.16. The van der Waals surface area contributed by atoms with Crippen molar-refractivity contribution in [2.75, 3.05) is 0 Å². The first kappa shape index (κ1) is 9.83. The van der Waals surface area contributed by atoms with E-state index in [1.54, 1.807) is 0 Å². The van der Waals surface area contributed by atoms with Crippen molar-refractivity contribution in [2.24, 2.45) is 0 Å². The summed E-state index contributed by atoms with van der Waals surface area (Å²) in [6.45, 7) is 6.17. The molecule has 0 amide bonds. The van der Waals surface area contributed by atoms with Crippen molar-refractivity contribution in [3.05, 3.63) is 29.7 Å². The van der Waals surface area contributed by atoms with E-state index in [-0.39, 0.29) is 0 Å². The maximum Gasteiger partial charge on any atom is 0.199 e. The summed E-state index contributed by atoms with van der Waals surface area (Å²) in [6, 6.07) is 4.02. The Morgan fingerprint density at radius 1 is 1.27 bits per heavy atom. The first-order valence-electron chi connectivity index (χ1n) is 5.02. The molecule has 0 aromatic carbocycles. The summed E-state index contributed by atoms with van der Waals surface area (Å²) < 4.78 is 0. The summed E-state index contributed by atoms with van der Waals surface area (Å²) in [7, 11) is 0. The molecule has 2 rings (SSSR count). The van der Waals surface area contributed by atoms with Gasteiger partial charge in [0, 0.05) is 6.20 Å². The summed E-state index contributed by atoms with van der Waals surface area (Å²) in [5.74, 6) is 1.96. The van der Waals surface area contributed by atoms with Crippen LogP contribution in [0.5, 0.6) is 0 Å². The third-order valence-electron chi connectivity index (χ3n) is 2.28. The first-order valence-corrected chi connectivity index (χ1v) is 5.02. The molecule has 0 aliphatic carbocycles. The van der Waals surface area contributed by atoms with Crippen LogP contribution in [0.15, 0.2) is 18.3 Å². The van der Waals surface area contributed by atoms with E-state index < -0.39 is 0 Å². The highest BCUT2D eigenvalue weighted by Gasteiger charge is 2.05. The summed E-state index contributed by atoms with van der Waals surface area (Å²) in [4.78, 5) is 8.56. The molecule has 0 fully saturated rings. The zero-order valence-electron chi connectivity index (χ0n) is 9.15. The summed E-state index contributed by atoms with van der Waals surface area (Å²) >= 11 is 0. The van der Waals surface area contributed by atoms with Crippen LogP contribution in [0.25, 0.3) is 11.5 Å². The Morgan fingerprint density at radius 3 is 2.53 bits per heavy atom. The maximum atomic E-state index is 4.34. The lowest BCUT2D eigenvalue weighted by atomic mass is 10.1. The highest BCUT2D eigenvalue weighted by molar-refractivity contribution is 5.48. The Balaban J connectivity index is 2.31. The highest BCUT2D eigenvalue weighted by Crippen LogP contribution is 2.16. The van der Waals surface area contributed by atoms with Crippen LogP contribution >= 0.6 is 0 Å². The second-order valence-corrected chi connectivity index (χ2v) is 3.88. The van der Waals surface area contributed by atoms with E-state index in [1.165, 1.54) is 5.56 Å². The lowest BCUT2D eigenvalue weighted by molar-refractivity contribution is 0.858. The summed E-state index contributed by atoms with van der Waals surface area (Å²) in [5, 5.41) is 6.87. The lowest BCUT2D eigenvalue weighted by Crippen LogP contribution is -1.91. The SMILES string of the molecule is Cc1nc(-c2ccc(C(C)C)cn2)n[nH]1. The molecule has 0 spiro atoms. The molecule has 0 aliphatic heterocycles. The molecule has 78 valence electrons. The molecule has 0 atom stereocenters. The molecule has 0 bridgehead atoms. The van der Waals surface area contributed by atoms with Crippen molar-refractivity contribution in [1.82, 2.24) is 20.2 Å². The molecule has 0 saturated heterocycles. The number of hydrogen-bond donors (Lipinski definition) is 1. The molecule has 4 heteroatoms. The standard InChI is InChI=1S/C11H14N4/c1-7(2)9-4-5-10(12-6-9)11-13-8(3)14-15-11/h4-7H,1-3H3,(H,13,14,15). The number of rotatable bonds is 2. The van der Waals surface area contributed by atoms with Gasteiger partial charge in [-0.2, -0.15) is 5.10 Å². The van der Waals surface area contributed by atoms with Crippen LogP contribution in [0.2, 0.25) is 0 Å². The molecule has 1 N–H and O–H groups in total. The fraction of sp³-hybridized carbons (Fsp3) is 0.364.